The third-order valence-electron chi connectivity index (χ3n) is 5.64. The maximum atomic E-state index is 1.59. The zero-order chi connectivity index (χ0) is 10.1. The molecule has 3 saturated carbocycles. The summed E-state index contributed by atoms with van der Waals surface area (Å²) in [5, 5.41) is 0. The fraction of sp³-hybridized carbons (Fsp3) is 1.00. The SMILES string of the molecule is C1CCC(C2CCCCC2C2CCC2)C1. The van der Waals surface area contributed by atoms with Crippen LogP contribution in [0.15, 0.2) is 0 Å². The Kier molecular flexibility index (Phi) is 3.03. The molecule has 2 unspecified atom stereocenters. The molecule has 0 heteroatoms. The maximum Gasteiger partial charge on any atom is -0.0355 e. The van der Waals surface area contributed by atoms with Gasteiger partial charge in [0.25, 0.3) is 0 Å². The van der Waals surface area contributed by atoms with Crippen molar-refractivity contribution < 1.29 is 0 Å². The summed E-state index contributed by atoms with van der Waals surface area (Å²) in [6.45, 7) is 0. The second-order valence-electron chi connectivity index (χ2n) is 6.35. The van der Waals surface area contributed by atoms with Crippen LogP contribution in [0.5, 0.6) is 0 Å². The zero-order valence-electron chi connectivity index (χ0n) is 10.1. The van der Waals surface area contributed by atoms with Crippen molar-refractivity contribution in [2.75, 3.05) is 0 Å². The quantitative estimate of drug-likeness (QED) is 0.610. The summed E-state index contributed by atoms with van der Waals surface area (Å²) in [5.41, 5.74) is 0. The summed E-state index contributed by atoms with van der Waals surface area (Å²) < 4.78 is 0. The minimum atomic E-state index is 1.15. The van der Waals surface area contributed by atoms with E-state index in [1.54, 1.807) is 70.6 Å². The van der Waals surface area contributed by atoms with E-state index in [-0.39, 0.29) is 0 Å². The van der Waals surface area contributed by atoms with Gasteiger partial charge in [-0.3, -0.25) is 0 Å². The van der Waals surface area contributed by atoms with Gasteiger partial charge in [0.2, 0.25) is 0 Å². The third kappa shape index (κ3) is 1.97. The van der Waals surface area contributed by atoms with E-state index in [2.05, 4.69) is 0 Å². The lowest BCUT2D eigenvalue weighted by atomic mass is 9.62. The zero-order valence-corrected chi connectivity index (χ0v) is 10.1. The lowest BCUT2D eigenvalue weighted by molar-refractivity contribution is 0.0664. The minimum Gasteiger partial charge on any atom is -0.0530 e. The van der Waals surface area contributed by atoms with E-state index < -0.39 is 0 Å². The maximum absolute atomic E-state index is 1.59. The molecule has 3 aliphatic rings. The van der Waals surface area contributed by atoms with Crippen molar-refractivity contribution in [2.24, 2.45) is 23.7 Å². The van der Waals surface area contributed by atoms with Gasteiger partial charge in [-0.05, 0) is 36.5 Å². The lowest BCUT2D eigenvalue weighted by Gasteiger charge is -2.44. The van der Waals surface area contributed by atoms with Crippen molar-refractivity contribution in [3.05, 3.63) is 0 Å². The first-order valence-electron chi connectivity index (χ1n) is 7.45. The Morgan fingerprint density at radius 3 is 1.20 bits per heavy atom. The average molecular weight is 206 g/mol. The molecular weight excluding hydrogens is 180 g/mol. The molecule has 0 spiro atoms. The molecule has 0 aliphatic heterocycles. The van der Waals surface area contributed by atoms with Crippen molar-refractivity contribution in [1.29, 1.82) is 0 Å². The highest BCUT2D eigenvalue weighted by Crippen LogP contribution is 2.49. The summed E-state index contributed by atoms with van der Waals surface area (Å²) in [7, 11) is 0. The normalized spacial score (nSPS) is 39.2. The van der Waals surface area contributed by atoms with Crippen LogP contribution in [0.4, 0.5) is 0 Å². The molecule has 0 N–H and O–H groups in total. The van der Waals surface area contributed by atoms with E-state index in [1.807, 2.05) is 0 Å². The predicted octanol–water partition coefficient (Wildman–Crippen LogP) is 4.78. The fourth-order valence-electron chi connectivity index (χ4n) is 4.61. The Hall–Kier alpha value is 0. The highest BCUT2D eigenvalue weighted by molar-refractivity contribution is 4.89. The lowest BCUT2D eigenvalue weighted by Crippen LogP contribution is -2.34. The van der Waals surface area contributed by atoms with Crippen LogP contribution in [0, 0.1) is 23.7 Å². The summed E-state index contributed by atoms with van der Waals surface area (Å²) in [5.74, 6) is 4.63. The smallest absolute Gasteiger partial charge is 0.0355 e. The fourth-order valence-corrected chi connectivity index (χ4v) is 4.61. The summed E-state index contributed by atoms with van der Waals surface area (Å²) >= 11 is 0. The van der Waals surface area contributed by atoms with Crippen molar-refractivity contribution in [3.8, 4) is 0 Å². The van der Waals surface area contributed by atoms with Crippen molar-refractivity contribution >= 4 is 0 Å². The molecule has 0 aromatic rings. The Morgan fingerprint density at radius 2 is 0.800 bits per heavy atom. The summed E-state index contributed by atoms with van der Waals surface area (Å²) in [4.78, 5) is 0. The molecule has 3 fully saturated rings. The largest absolute Gasteiger partial charge is 0.0530 e. The average Bonchev–Trinajstić information content (AvgIpc) is 2.69. The molecule has 0 saturated heterocycles. The van der Waals surface area contributed by atoms with E-state index in [1.165, 1.54) is 0 Å². The first kappa shape index (κ1) is 10.2. The van der Waals surface area contributed by atoms with Crippen LogP contribution in [-0.4, -0.2) is 0 Å². The molecule has 2 atom stereocenters. The second-order valence-corrected chi connectivity index (χ2v) is 6.35. The van der Waals surface area contributed by atoms with Crippen LogP contribution in [0.3, 0.4) is 0 Å². The van der Waals surface area contributed by atoms with E-state index in [0.717, 1.165) is 23.7 Å². The molecule has 0 nitrogen and oxygen atoms in total. The molecule has 15 heavy (non-hydrogen) atoms. The Balaban J connectivity index is 1.65. The van der Waals surface area contributed by atoms with E-state index >= 15 is 0 Å². The van der Waals surface area contributed by atoms with Crippen molar-refractivity contribution in [1.82, 2.24) is 0 Å². The van der Waals surface area contributed by atoms with Crippen LogP contribution in [0.2, 0.25) is 0 Å². The molecule has 3 aliphatic carbocycles. The molecule has 0 heterocycles. The number of rotatable bonds is 2. The Morgan fingerprint density at radius 1 is 0.400 bits per heavy atom. The van der Waals surface area contributed by atoms with Gasteiger partial charge in [0.05, 0.1) is 0 Å². The third-order valence-corrected chi connectivity index (χ3v) is 5.64. The van der Waals surface area contributed by atoms with Crippen LogP contribution in [0.25, 0.3) is 0 Å². The van der Waals surface area contributed by atoms with Crippen LogP contribution in [0.1, 0.15) is 70.6 Å². The van der Waals surface area contributed by atoms with Gasteiger partial charge < -0.3 is 0 Å². The molecule has 86 valence electrons. The highest BCUT2D eigenvalue weighted by Gasteiger charge is 2.38. The highest BCUT2D eigenvalue weighted by atomic mass is 14.4. The van der Waals surface area contributed by atoms with E-state index in [9.17, 15) is 0 Å². The molecule has 0 amide bonds. The van der Waals surface area contributed by atoms with Gasteiger partial charge >= 0.3 is 0 Å². The molecule has 3 rings (SSSR count). The monoisotopic (exact) mass is 206 g/mol. The Labute approximate surface area is 94.8 Å². The van der Waals surface area contributed by atoms with E-state index in [4.69, 9.17) is 0 Å². The minimum absolute atomic E-state index is 1.15. The molecular formula is C15H26. The van der Waals surface area contributed by atoms with Gasteiger partial charge in [-0.1, -0.05) is 57.8 Å². The predicted molar refractivity (Wildman–Crippen MR) is 64.7 cm³/mol. The Bertz CT molecular complexity index is 198. The molecule has 0 radical (unpaired) electrons. The standard InChI is InChI=1S/C15H26/c1-2-7-12(6-1)14-10-3-4-11-15(14)13-8-5-9-13/h12-15H,1-11H2. The van der Waals surface area contributed by atoms with E-state index in [0.29, 0.717) is 0 Å². The van der Waals surface area contributed by atoms with Crippen LogP contribution >= 0.6 is 0 Å². The van der Waals surface area contributed by atoms with Gasteiger partial charge in [-0.25, -0.2) is 0 Å². The van der Waals surface area contributed by atoms with Gasteiger partial charge in [-0.15, -0.1) is 0 Å². The molecule has 0 bridgehead atoms. The van der Waals surface area contributed by atoms with Gasteiger partial charge in [0.15, 0.2) is 0 Å². The van der Waals surface area contributed by atoms with Gasteiger partial charge in [0, 0.05) is 0 Å². The topological polar surface area (TPSA) is 0 Å². The van der Waals surface area contributed by atoms with Gasteiger partial charge in [0.1, 0.15) is 0 Å². The van der Waals surface area contributed by atoms with Crippen LogP contribution < -0.4 is 0 Å². The van der Waals surface area contributed by atoms with Crippen LogP contribution in [-0.2, 0) is 0 Å². The molecule has 0 aromatic heterocycles. The number of hydrogen-bond donors (Lipinski definition) is 0. The molecule has 0 aromatic carbocycles. The summed E-state index contributed by atoms with van der Waals surface area (Å²) in [6.07, 6.45) is 17.2. The summed E-state index contributed by atoms with van der Waals surface area (Å²) in [6, 6.07) is 0. The first-order valence-corrected chi connectivity index (χ1v) is 7.45. The van der Waals surface area contributed by atoms with Crippen molar-refractivity contribution in [2.45, 2.75) is 70.6 Å². The first-order chi connectivity index (χ1) is 7.45. The second kappa shape index (κ2) is 4.47. The van der Waals surface area contributed by atoms with Gasteiger partial charge in [-0.2, -0.15) is 0 Å². The van der Waals surface area contributed by atoms with Crippen molar-refractivity contribution in [3.63, 3.8) is 0 Å². The number of hydrogen-bond acceptors (Lipinski definition) is 0.